The maximum Gasteiger partial charge on any atom is 0.135 e. The van der Waals surface area contributed by atoms with Gasteiger partial charge >= 0.3 is 0 Å². The Balaban J connectivity index is 1.90. The summed E-state index contributed by atoms with van der Waals surface area (Å²) in [6, 6.07) is 0.461. The van der Waals surface area contributed by atoms with Gasteiger partial charge in [-0.1, -0.05) is 0 Å². The number of piperidine rings is 1. The normalized spacial score (nSPS) is 23.2. The fourth-order valence-corrected chi connectivity index (χ4v) is 3.32. The second kappa shape index (κ2) is 5.22. The van der Waals surface area contributed by atoms with Gasteiger partial charge in [0.25, 0.3) is 0 Å². The maximum atomic E-state index is 9.22. The van der Waals surface area contributed by atoms with Crippen molar-refractivity contribution in [3.05, 3.63) is 17.6 Å². The van der Waals surface area contributed by atoms with Crippen LogP contribution in [-0.4, -0.2) is 34.3 Å². The Morgan fingerprint density at radius 1 is 1.22 bits per heavy atom. The van der Waals surface area contributed by atoms with Gasteiger partial charge in [-0.2, -0.15) is 0 Å². The van der Waals surface area contributed by atoms with Crippen LogP contribution in [-0.2, 0) is 12.8 Å². The summed E-state index contributed by atoms with van der Waals surface area (Å²) in [7, 11) is 0. The number of fused-ring (bicyclic) bond motifs is 1. The SMILES string of the molecule is OCCC1CCCCN1c1ncnc2c1CCC2. The predicted molar refractivity (Wildman–Crippen MR) is 70.7 cm³/mol. The Morgan fingerprint density at radius 2 is 2.17 bits per heavy atom. The predicted octanol–water partition coefficient (Wildman–Crippen LogP) is 1.71. The van der Waals surface area contributed by atoms with Crippen molar-refractivity contribution in [3.8, 4) is 0 Å². The average Bonchev–Trinajstić information content (AvgIpc) is 2.88. The summed E-state index contributed by atoms with van der Waals surface area (Å²) < 4.78 is 0. The topological polar surface area (TPSA) is 49.2 Å². The lowest BCUT2D eigenvalue weighted by molar-refractivity contribution is 0.262. The summed E-state index contributed by atoms with van der Waals surface area (Å²) in [4.78, 5) is 11.4. The lowest BCUT2D eigenvalue weighted by Gasteiger charge is -2.37. The lowest BCUT2D eigenvalue weighted by atomic mass is 9.99. The van der Waals surface area contributed by atoms with Crippen molar-refractivity contribution < 1.29 is 5.11 Å². The highest BCUT2D eigenvalue weighted by Crippen LogP contribution is 2.32. The Labute approximate surface area is 108 Å². The van der Waals surface area contributed by atoms with Crippen molar-refractivity contribution in [2.45, 2.75) is 51.0 Å². The number of nitrogens with zero attached hydrogens (tertiary/aromatic N) is 3. The van der Waals surface area contributed by atoms with E-state index < -0.39 is 0 Å². The number of hydrogen-bond acceptors (Lipinski definition) is 4. The van der Waals surface area contributed by atoms with Gasteiger partial charge in [-0.3, -0.25) is 0 Å². The van der Waals surface area contributed by atoms with Gasteiger partial charge in [0, 0.05) is 30.5 Å². The van der Waals surface area contributed by atoms with E-state index in [4.69, 9.17) is 0 Å². The molecular weight excluding hydrogens is 226 g/mol. The van der Waals surface area contributed by atoms with Crippen LogP contribution in [0.25, 0.3) is 0 Å². The molecule has 1 aromatic heterocycles. The Hall–Kier alpha value is -1.16. The van der Waals surface area contributed by atoms with E-state index in [-0.39, 0.29) is 6.61 Å². The molecule has 0 amide bonds. The van der Waals surface area contributed by atoms with Gasteiger partial charge in [0.15, 0.2) is 0 Å². The van der Waals surface area contributed by atoms with Crippen LogP contribution < -0.4 is 4.90 Å². The molecule has 4 nitrogen and oxygen atoms in total. The Kier molecular flexibility index (Phi) is 3.46. The lowest BCUT2D eigenvalue weighted by Crippen LogP contribution is -2.41. The fourth-order valence-electron chi connectivity index (χ4n) is 3.32. The van der Waals surface area contributed by atoms with Crippen LogP contribution in [0.4, 0.5) is 5.82 Å². The van der Waals surface area contributed by atoms with E-state index in [1.54, 1.807) is 6.33 Å². The summed E-state index contributed by atoms with van der Waals surface area (Å²) in [6.45, 7) is 1.35. The summed E-state index contributed by atoms with van der Waals surface area (Å²) >= 11 is 0. The molecule has 1 saturated heterocycles. The molecule has 2 aliphatic rings. The number of aliphatic hydroxyl groups excluding tert-OH is 1. The summed E-state index contributed by atoms with van der Waals surface area (Å²) in [6.07, 6.45) is 9.69. The summed E-state index contributed by atoms with van der Waals surface area (Å²) in [5, 5.41) is 9.22. The maximum absolute atomic E-state index is 9.22. The Morgan fingerprint density at radius 3 is 3.06 bits per heavy atom. The minimum atomic E-state index is 0.272. The van der Waals surface area contributed by atoms with Crippen LogP contribution in [0.1, 0.15) is 43.4 Å². The molecule has 3 rings (SSSR count). The highest BCUT2D eigenvalue weighted by molar-refractivity contribution is 5.51. The number of aliphatic hydroxyl groups is 1. The molecule has 98 valence electrons. The quantitative estimate of drug-likeness (QED) is 0.883. The zero-order valence-corrected chi connectivity index (χ0v) is 10.8. The van der Waals surface area contributed by atoms with Crippen molar-refractivity contribution in [2.24, 2.45) is 0 Å². The van der Waals surface area contributed by atoms with Crippen LogP contribution in [0.3, 0.4) is 0 Å². The highest BCUT2D eigenvalue weighted by Gasteiger charge is 2.27. The van der Waals surface area contributed by atoms with E-state index in [0.29, 0.717) is 6.04 Å². The standard InChI is InChI=1S/C14H21N3O/c18-9-7-11-4-1-2-8-17(11)14-12-5-3-6-13(12)15-10-16-14/h10-11,18H,1-9H2. The van der Waals surface area contributed by atoms with E-state index in [1.807, 2.05) is 0 Å². The van der Waals surface area contributed by atoms with Crippen molar-refractivity contribution >= 4 is 5.82 Å². The van der Waals surface area contributed by atoms with Crippen molar-refractivity contribution in [1.29, 1.82) is 0 Å². The average molecular weight is 247 g/mol. The van der Waals surface area contributed by atoms with Crippen molar-refractivity contribution in [1.82, 2.24) is 9.97 Å². The number of anilines is 1. The smallest absolute Gasteiger partial charge is 0.135 e. The van der Waals surface area contributed by atoms with Crippen LogP contribution in [0.15, 0.2) is 6.33 Å². The largest absolute Gasteiger partial charge is 0.396 e. The first-order valence-corrected chi connectivity index (χ1v) is 7.10. The van der Waals surface area contributed by atoms with Gasteiger partial charge < -0.3 is 10.0 Å². The molecular formula is C14H21N3O. The van der Waals surface area contributed by atoms with E-state index in [0.717, 1.165) is 31.6 Å². The molecule has 1 N–H and O–H groups in total. The van der Waals surface area contributed by atoms with E-state index in [9.17, 15) is 5.11 Å². The molecule has 1 unspecified atom stereocenters. The third-order valence-corrected chi connectivity index (χ3v) is 4.21. The fraction of sp³-hybridized carbons (Fsp3) is 0.714. The highest BCUT2D eigenvalue weighted by atomic mass is 16.3. The van der Waals surface area contributed by atoms with Crippen LogP contribution >= 0.6 is 0 Å². The van der Waals surface area contributed by atoms with Crippen LogP contribution in [0.5, 0.6) is 0 Å². The second-order valence-corrected chi connectivity index (χ2v) is 5.33. The van der Waals surface area contributed by atoms with Crippen molar-refractivity contribution in [3.63, 3.8) is 0 Å². The van der Waals surface area contributed by atoms with Gasteiger partial charge in [-0.25, -0.2) is 9.97 Å². The first-order chi connectivity index (χ1) is 8.90. The molecule has 4 heteroatoms. The number of aromatic nitrogens is 2. The van der Waals surface area contributed by atoms with E-state index >= 15 is 0 Å². The molecule has 0 bridgehead atoms. The van der Waals surface area contributed by atoms with Crippen molar-refractivity contribution in [2.75, 3.05) is 18.1 Å². The molecule has 0 radical (unpaired) electrons. The Bertz CT molecular complexity index is 420. The molecule has 1 fully saturated rings. The molecule has 0 spiro atoms. The van der Waals surface area contributed by atoms with Gasteiger partial charge in [-0.15, -0.1) is 0 Å². The third kappa shape index (κ3) is 2.09. The minimum Gasteiger partial charge on any atom is -0.396 e. The molecule has 0 saturated carbocycles. The number of hydrogen-bond donors (Lipinski definition) is 1. The van der Waals surface area contributed by atoms with E-state index in [2.05, 4.69) is 14.9 Å². The van der Waals surface area contributed by atoms with Gasteiger partial charge in [0.1, 0.15) is 12.1 Å². The zero-order chi connectivity index (χ0) is 12.4. The molecule has 18 heavy (non-hydrogen) atoms. The van der Waals surface area contributed by atoms with Crippen LogP contribution in [0.2, 0.25) is 0 Å². The number of aryl methyl sites for hydroxylation is 1. The van der Waals surface area contributed by atoms with Crippen LogP contribution in [0, 0.1) is 0 Å². The molecule has 1 atom stereocenters. The summed E-state index contributed by atoms with van der Waals surface area (Å²) in [5.74, 6) is 1.15. The van der Waals surface area contributed by atoms with E-state index in [1.165, 1.54) is 36.9 Å². The number of rotatable bonds is 3. The van der Waals surface area contributed by atoms with Gasteiger partial charge in [-0.05, 0) is 44.9 Å². The second-order valence-electron chi connectivity index (χ2n) is 5.33. The van der Waals surface area contributed by atoms with Gasteiger partial charge in [0.2, 0.25) is 0 Å². The molecule has 0 aromatic carbocycles. The zero-order valence-electron chi connectivity index (χ0n) is 10.8. The monoisotopic (exact) mass is 247 g/mol. The third-order valence-electron chi connectivity index (χ3n) is 4.21. The molecule has 1 aliphatic heterocycles. The minimum absolute atomic E-state index is 0.272. The molecule has 1 aromatic rings. The molecule has 1 aliphatic carbocycles. The first-order valence-electron chi connectivity index (χ1n) is 7.10. The summed E-state index contributed by atoms with van der Waals surface area (Å²) in [5.41, 5.74) is 2.61. The molecule has 2 heterocycles. The first kappa shape index (κ1) is 11.9. The van der Waals surface area contributed by atoms with Gasteiger partial charge in [0.05, 0.1) is 0 Å².